The predicted molar refractivity (Wildman–Crippen MR) is 84.6 cm³/mol. The molecule has 4 nitrogen and oxygen atoms in total. The Morgan fingerprint density at radius 1 is 1.42 bits per heavy atom. The van der Waals surface area contributed by atoms with Crippen molar-refractivity contribution in [2.24, 2.45) is 5.73 Å². The van der Waals surface area contributed by atoms with E-state index in [9.17, 15) is 0 Å². The number of nitrogens with two attached hydrogens (primary N) is 1. The van der Waals surface area contributed by atoms with Gasteiger partial charge in [0.2, 0.25) is 0 Å². The van der Waals surface area contributed by atoms with E-state index in [0.717, 1.165) is 55.4 Å². The molecule has 1 aromatic rings. The van der Waals surface area contributed by atoms with Gasteiger partial charge in [0.1, 0.15) is 0 Å². The fourth-order valence-electron chi connectivity index (χ4n) is 2.00. The Balaban J connectivity index is 2.83. The largest absolute Gasteiger partial charge is 0.393 e. The van der Waals surface area contributed by atoms with Gasteiger partial charge >= 0.3 is 0 Å². The van der Waals surface area contributed by atoms with E-state index in [4.69, 9.17) is 29.6 Å². The van der Waals surface area contributed by atoms with Gasteiger partial charge in [-0.25, -0.2) is 0 Å². The number of halogens is 1. The molecule has 0 aliphatic rings. The summed E-state index contributed by atoms with van der Waals surface area (Å²) in [6.07, 6.45) is 1.60. The van der Waals surface area contributed by atoms with E-state index in [1.165, 1.54) is 0 Å². The van der Waals surface area contributed by atoms with Crippen LogP contribution in [0.25, 0.3) is 0 Å². The fraction of sp³-hybridized carbons (Fsp3) is 0.692. The van der Waals surface area contributed by atoms with Crippen molar-refractivity contribution < 1.29 is 0 Å². The summed E-state index contributed by atoms with van der Waals surface area (Å²) in [6, 6.07) is 0. The first-order chi connectivity index (χ1) is 9.03. The monoisotopic (exact) mass is 302 g/mol. The van der Waals surface area contributed by atoms with Crippen LogP contribution in [0.5, 0.6) is 0 Å². The van der Waals surface area contributed by atoms with Crippen LogP contribution < -0.4 is 5.73 Å². The second-order valence-corrected chi connectivity index (χ2v) is 5.36. The lowest BCUT2D eigenvalue weighted by Gasteiger charge is -2.20. The molecule has 0 saturated heterocycles. The Kier molecular flexibility index (Phi) is 6.75. The summed E-state index contributed by atoms with van der Waals surface area (Å²) in [6.45, 7) is 9.70. The first kappa shape index (κ1) is 16.4. The average molecular weight is 303 g/mol. The van der Waals surface area contributed by atoms with E-state index in [-0.39, 0.29) is 0 Å². The van der Waals surface area contributed by atoms with Crippen LogP contribution in [0.1, 0.15) is 38.6 Å². The van der Waals surface area contributed by atoms with Crippen molar-refractivity contribution in [3.8, 4) is 0 Å². The third kappa shape index (κ3) is 4.44. The summed E-state index contributed by atoms with van der Waals surface area (Å²) in [7, 11) is 0. The SMILES string of the molecule is CCc1nn(CC)c(CN(CC)CCC(N)=S)c1Cl. The quantitative estimate of drug-likeness (QED) is 0.750. The van der Waals surface area contributed by atoms with E-state index in [0.29, 0.717) is 4.99 Å². The second kappa shape index (κ2) is 7.82. The van der Waals surface area contributed by atoms with Crippen molar-refractivity contribution >= 4 is 28.8 Å². The van der Waals surface area contributed by atoms with Crippen LogP contribution in [0.15, 0.2) is 0 Å². The van der Waals surface area contributed by atoms with Crippen molar-refractivity contribution in [3.05, 3.63) is 16.4 Å². The van der Waals surface area contributed by atoms with Crippen LogP contribution in [0.2, 0.25) is 5.02 Å². The van der Waals surface area contributed by atoms with Gasteiger partial charge in [-0.15, -0.1) is 0 Å². The molecule has 108 valence electrons. The molecule has 1 rings (SSSR count). The Bertz CT molecular complexity index is 431. The molecule has 1 aromatic heterocycles. The predicted octanol–water partition coefficient (Wildman–Crippen LogP) is 2.62. The zero-order valence-electron chi connectivity index (χ0n) is 11.9. The van der Waals surface area contributed by atoms with Crippen molar-refractivity contribution in [1.82, 2.24) is 14.7 Å². The van der Waals surface area contributed by atoms with Gasteiger partial charge in [0.15, 0.2) is 0 Å². The Labute approximate surface area is 125 Å². The normalized spacial score (nSPS) is 11.2. The molecule has 0 amide bonds. The number of aromatic nitrogens is 2. The molecule has 0 atom stereocenters. The highest BCUT2D eigenvalue weighted by Crippen LogP contribution is 2.23. The first-order valence-electron chi connectivity index (χ1n) is 6.78. The third-order valence-electron chi connectivity index (χ3n) is 3.19. The van der Waals surface area contributed by atoms with Gasteiger partial charge in [0.25, 0.3) is 0 Å². The lowest BCUT2D eigenvalue weighted by atomic mass is 10.2. The Morgan fingerprint density at radius 3 is 2.58 bits per heavy atom. The second-order valence-electron chi connectivity index (χ2n) is 4.46. The minimum Gasteiger partial charge on any atom is -0.393 e. The lowest BCUT2D eigenvalue weighted by molar-refractivity contribution is 0.279. The number of rotatable bonds is 8. The molecule has 0 aliphatic heterocycles. The Hall–Kier alpha value is -0.650. The molecule has 0 aliphatic carbocycles. The van der Waals surface area contributed by atoms with E-state index in [1.807, 2.05) is 4.68 Å². The maximum absolute atomic E-state index is 6.41. The standard InChI is InChI=1S/C13H23ClN4S/c1-4-10-13(14)11(18(6-3)16-10)9-17(5-2)8-7-12(15)19/h4-9H2,1-3H3,(H2,15,19). The van der Waals surface area contributed by atoms with Crippen LogP contribution in [0, 0.1) is 0 Å². The van der Waals surface area contributed by atoms with E-state index in [1.54, 1.807) is 0 Å². The Morgan fingerprint density at radius 2 is 2.11 bits per heavy atom. The molecule has 1 heterocycles. The van der Waals surface area contributed by atoms with Gasteiger partial charge < -0.3 is 5.73 Å². The smallest absolute Gasteiger partial charge is 0.0863 e. The van der Waals surface area contributed by atoms with Crippen molar-refractivity contribution in [1.29, 1.82) is 0 Å². The molecule has 19 heavy (non-hydrogen) atoms. The number of nitrogens with zero attached hydrogens (tertiary/aromatic N) is 3. The average Bonchev–Trinajstić information content (AvgIpc) is 2.70. The highest BCUT2D eigenvalue weighted by atomic mass is 35.5. The summed E-state index contributed by atoms with van der Waals surface area (Å²) in [5.74, 6) is 0. The maximum atomic E-state index is 6.41. The molecule has 0 unspecified atom stereocenters. The van der Waals surface area contributed by atoms with Gasteiger partial charge in [0.05, 0.1) is 21.4 Å². The van der Waals surface area contributed by atoms with Gasteiger partial charge in [-0.3, -0.25) is 9.58 Å². The van der Waals surface area contributed by atoms with E-state index in [2.05, 4.69) is 30.8 Å². The molecule has 0 spiro atoms. The van der Waals surface area contributed by atoms with Crippen molar-refractivity contribution in [2.45, 2.75) is 46.7 Å². The molecule has 6 heteroatoms. The molecule has 0 bridgehead atoms. The zero-order chi connectivity index (χ0) is 14.4. The van der Waals surface area contributed by atoms with Crippen LogP contribution in [0.3, 0.4) is 0 Å². The molecule has 0 radical (unpaired) electrons. The van der Waals surface area contributed by atoms with Gasteiger partial charge in [0, 0.05) is 26.1 Å². The summed E-state index contributed by atoms with van der Waals surface area (Å²) >= 11 is 11.3. The lowest BCUT2D eigenvalue weighted by Crippen LogP contribution is -2.28. The minimum absolute atomic E-state index is 0.558. The molecular formula is C13H23ClN4S. The third-order valence-corrected chi connectivity index (χ3v) is 3.83. The van der Waals surface area contributed by atoms with E-state index < -0.39 is 0 Å². The number of hydrogen-bond acceptors (Lipinski definition) is 3. The molecular weight excluding hydrogens is 280 g/mol. The topological polar surface area (TPSA) is 47.1 Å². The van der Waals surface area contributed by atoms with Crippen LogP contribution >= 0.6 is 23.8 Å². The number of hydrogen-bond donors (Lipinski definition) is 1. The summed E-state index contributed by atoms with van der Waals surface area (Å²) < 4.78 is 1.99. The number of aryl methyl sites for hydroxylation is 2. The summed E-state index contributed by atoms with van der Waals surface area (Å²) in [5.41, 5.74) is 7.63. The highest BCUT2D eigenvalue weighted by molar-refractivity contribution is 7.80. The van der Waals surface area contributed by atoms with Gasteiger partial charge in [-0.1, -0.05) is 37.7 Å². The minimum atomic E-state index is 0.558. The van der Waals surface area contributed by atoms with Crippen LogP contribution in [-0.4, -0.2) is 32.8 Å². The molecule has 0 aromatic carbocycles. The number of thiocarbonyl (C=S) groups is 1. The molecule has 0 fully saturated rings. The zero-order valence-corrected chi connectivity index (χ0v) is 13.5. The summed E-state index contributed by atoms with van der Waals surface area (Å²) in [5, 5.41) is 5.34. The fourth-order valence-corrected chi connectivity index (χ4v) is 2.42. The van der Waals surface area contributed by atoms with E-state index >= 15 is 0 Å². The maximum Gasteiger partial charge on any atom is 0.0863 e. The molecule has 2 N–H and O–H groups in total. The van der Waals surface area contributed by atoms with Crippen LogP contribution in [-0.2, 0) is 19.5 Å². The van der Waals surface area contributed by atoms with Crippen molar-refractivity contribution in [3.63, 3.8) is 0 Å². The molecule has 0 saturated carbocycles. The van der Waals surface area contributed by atoms with Crippen LogP contribution in [0.4, 0.5) is 0 Å². The first-order valence-corrected chi connectivity index (χ1v) is 7.56. The van der Waals surface area contributed by atoms with Crippen molar-refractivity contribution in [2.75, 3.05) is 13.1 Å². The highest BCUT2D eigenvalue weighted by Gasteiger charge is 2.16. The summed E-state index contributed by atoms with van der Waals surface area (Å²) in [4.78, 5) is 2.84. The van der Waals surface area contributed by atoms with Gasteiger partial charge in [-0.2, -0.15) is 5.10 Å². The van der Waals surface area contributed by atoms with Gasteiger partial charge in [-0.05, 0) is 19.9 Å².